The Morgan fingerprint density at radius 3 is 2.32 bits per heavy atom. The molecular formula is C17H12Cl2N4O2. The van der Waals surface area contributed by atoms with E-state index in [-0.39, 0.29) is 5.56 Å². The zero-order valence-electron chi connectivity index (χ0n) is 12.7. The highest BCUT2D eigenvalue weighted by Gasteiger charge is 2.10. The number of halogens is 2. The zero-order chi connectivity index (χ0) is 17.8. The fourth-order valence-electron chi connectivity index (χ4n) is 2.14. The van der Waals surface area contributed by atoms with Gasteiger partial charge in [-0.15, -0.1) is 0 Å². The van der Waals surface area contributed by atoms with Crippen LogP contribution in [0.15, 0.2) is 54.9 Å². The monoisotopic (exact) mass is 374 g/mol. The second kappa shape index (κ2) is 7.38. The fourth-order valence-corrected chi connectivity index (χ4v) is 2.48. The van der Waals surface area contributed by atoms with Gasteiger partial charge in [-0.25, -0.2) is 14.8 Å². The molecule has 2 aromatic carbocycles. The number of carbonyl (C=O) groups is 1. The van der Waals surface area contributed by atoms with Gasteiger partial charge < -0.3 is 15.7 Å². The van der Waals surface area contributed by atoms with E-state index in [1.165, 1.54) is 12.4 Å². The van der Waals surface area contributed by atoms with Gasteiger partial charge in [-0.2, -0.15) is 0 Å². The molecule has 0 saturated carbocycles. The molecule has 0 aliphatic heterocycles. The molecule has 3 aromatic rings. The average molecular weight is 375 g/mol. The number of carboxylic acid groups (broad SMARTS) is 1. The smallest absolute Gasteiger partial charge is 0.337 e. The van der Waals surface area contributed by atoms with Crippen LogP contribution in [0.25, 0.3) is 0 Å². The van der Waals surface area contributed by atoms with Crippen molar-refractivity contribution >= 4 is 52.2 Å². The van der Waals surface area contributed by atoms with E-state index in [4.69, 9.17) is 23.2 Å². The van der Waals surface area contributed by atoms with Crippen LogP contribution in [-0.2, 0) is 0 Å². The van der Waals surface area contributed by atoms with E-state index in [9.17, 15) is 9.90 Å². The van der Waals surface area contributed by atoms with Crippen molar-refractivity contribution in [2.75, 3.05) is 10.6 Å². The lowest BCUT2D eigenvalue weighted by Gasteiger charge is -2.11. The first-order chi connectivity index (χ1) is 12.0. The van der Waals surface area contributed by atoms with Crippen LogP contribution >= 0.6 is 23.2 Å². The van der Waals surface area contributed by atoms with Gasteiger partial charge in [-0.1, -0.05) is 35.3 Å². The van der Waals surface area contributed by atoms with E-state index in [0.29, 0.717) is 33.1 Å². The molecule has 0 aliphatic rings. The van der Waals surface area contributed by atoms with Crippen molar-refractivity contribution in [3.8, 4) is 0 Å². The van der Waals surface area contributed by atoms with Crippen molar-refractivity contribution in [3.63, 3.8) is 0 Å². The Kier molecular flexibility index (Phi) is 5.02. The maximum absolute atomic E-state index is 11.3. The summed E-state index contributed by atoms with van der Waals surface area (Å²) in [6, 6.07) is 13.2. The highest BCUT2D eigenvalue weighted by molar-refractivity contribution is 6.35. The molecular weight excluding hydrogens is 363 g/mol. The summed E-state index contributed by atoms with van der Waals surface area (Å²) in [5.74, 6) is -0.111. The number of nitrogens with one attached hydrogen (secondary N) is 2. The van der Waals surface area contributed by atoms with Crippen LogP contribution in [0, 0.1) is 0 Å². The number of aromatic carboxylic acids is 1. The summed E-state index contributed by atoms with van der Waals surface area (Å²) in [7, 11) is 0. The first kappa shape index (κ1) is 17.0. The van der Waals surface area contributed by atoms with Crippen LogP contribution in [0.3, 0.4) is 0 Å². The third-order valence-corrected chi connectivity index (χ3v) is 3.84. The number of aromatic nitrogens is 2. The van der Waals surface area contributed by atoms with E-state index in [2.05, 4.69) is 20.6 Å². The molecule has 6 nitrogen and oxygen atoms in total. The lowest BCUT2D eigenvalue weighted by Crippen LogP contribution is -2.04. The van der Waals surface area contributed by atoms with E-state index in [0.717, 1.165) is 0 Å². The molecule has 0 amide bonds. The number of para-hydroxylation sites is 1. The summed E-state index contributed by atoms with van der Waals surface area (Å²) in [6.07, 6.45) is 1.35. The number of rotatable bonds is 5. The minimum absolute atomic E-state index is 0.147. The molecule has 3 N–H and O–H groups in total. The van der Waals surface area contributed by atoms with Gasteiger partial charge in [0.15, 0.2) is 0 Å². The first-order valence-corrected chi connectivity index (χ1v) is 7.92. The molecule has 0 spiro atoms. The standard InChI is InChI=1S/C17H12Cl2N4O2/c18-10-5-6-12(19)14(7-10)23-16-8-15(20-9-21-16)22-13-4-2-1-3-11(13)17(24)25/h1-9H,(H,24,25)(H2,20,21,22,23). The van der Waals surface area contributed by atoms with Gasteiger partial charge in [-0.3, -0.25) is 0 Å². The van der Waals surface area contributed by atoms with Gasteiger partial charge in [0.05, 0.1) is 22.0 Å². The topological polar surface area (TPSA) is 87.1 Å². The average Bonchev–Trinajstić information content (AvgIpc) is 2.59. The van der Waals surface area contributed by atoms with E-state index >= 15 is 0 Å². The minimum atomic E-state index is -1.03. The first-order valence-electron chi connectivity index (χ1n) is 7.16. The second-order valence-electron chi connectivity index (χ2n) is 5.01. The molecule has 0 fully saturated rings. The van der Waals surface area contributed by atoms with Crippen molar-refractivity contribution < 1.29 is 9.90 Å². The molecule has 0 radical (unpaired) electrons. The van der Waals surface area contributed by atoms with Crippen LogP contribution in [-0.4, -0.2) is 21.0 Å². The number of hydrogen-bond donors (Lipinski definition) is 3. The van der Waals surface area contributed by atoms with E-state index in [1.54, 1.807) is 42.5 Å². The molecule has 0 atom stereocenters. The van der Waals surface area contributed by atoms with E-state index < -0.39 is 5.97 Å². The van der Waals surface area contributed by atoms with Gasteiger partial charge in [0.25, 0.3) is 0 Å². The highest BCUT2D eigenvalue weighted by Crippen LogP contribution is 2.28. The number of hydrogen-bond acceptors (Lipinski definition) is 5. The Bertz CT molecular complexity index is 934. The Labute approximate surface area is 153 Å². The Morgan fingerprint density at radius 2 is 1.60 bits per heavy atom. The second-order valence-corrected chi connectivity index (χ2v) is 5.86. The van der Waals surface area contributed by atoms with Gasteiger partial charge in [0, 0.05) is 11.1 Å². The van der Waals surface area contributed by atoms with Crippen LogP contribution in [0.2, 0.25) is 10.0 Å². The summed E-state index contributed by atoms with van der Waals surface area (Å²) < 4.78 is 0. The van der Waals surface area contributed by atoms with Crippen LogP contribution < -0.4 is 10.6 Å². The number of benzene rings is 2. The largest absolute Gasteiger partial charge is 0.478 e. The molecule has 25 heavy (non-hydrogen) atoms. The summed E-state index contributed by atoms with van der Waals surface area (Å²) in [5, 5.41) is 16.3. The Balaban J connectivity index is 1.85. The summed E-state index contributed by atoms with van der Waals surface area (Å²) in [5.41, 5.74) is 1.18. The third kappa shape index (κ3) is 4.17. The van der Waals surface area contributed by atoms with Crippen LogP contribution in [0.5, 0.6) is 0 Å². The lowest BCUT2D eigenvalue weighted by molar-refractivity contribution is 0.0698. The summed E-state index contributed by atoms with van der Waals surface area (Å²) in [4.78, 5) is 19.5. The summed E-state index contributed by atoms with van der Waals surface area (Å²) >= 11 is 12.1. The predicted molar refractivity (Wildman–Crippen MR) is 98.5 cm³/mol. The molecule has 8 heteroatoms. The molecule has 1 heterocycles. The van der Waals surface area contributed by atoms with Gasteiger partial charge >= 0.3 is 5.97 Å². The van der Waals surface area contributed by atoms with Gasteiger partial charge in [0.2, 0.25) is 0 Å². The molecule has 0 saturated heterocycles. The molecule has 0 bridgehead atoms. The Hall–Kier alpha value is -2.83. The fraction of sp³-hybridized carbons (Fsp3) is 0. The van der Waals surface area contributed by atoms with Gasteiger partial charge in [0.1, 0.15) is 18.0 Å². The minimum Gasteiger partial charge on any atom is -0.478 e. The van der Waals surface area contributed by atoms with Crippen molar-refractivity contribution in [1.29, 1.82) is 0 Å². The number of anilines is 4. The molecule has 1 aromatic heterocycles. The normalized spacial score (nSPS) is 10.3. The van der Waals surface area contributed by atoms with E-state index in [1.807, 2.05) is 0 Å². The maximum Gasteiger partial charge on any atom is 0.337 e. The SMILES string of the molecule is O=C(O)c1ccccc1Nc1cc(Nc2cc(Cl)ccc2Cl)ncn1. The van der Waals surface area contributed by atoms with Crippen molar-refractivity contribution in [1.82, 2.24) is 9.97 Å². The highest BCUT2D eigenvalue weighted by atomic mass is 35.5. The molecule has 0 aliphatic carbocycles. The van der Waals surface area contributed by atoms with Gasteiger partial charge in [-0.05, 0) is 30.3 Å². The molecule has 126 valence electrons. The van der Waals surface area contributed by atoms with Crippen molar-refractivity contribution in [2.24, 2.45) is 0 Å². The lowest BCUT2D eigenvalue weighted by atomic mass is 10.2. The Morgan fingerprint density at radius 1 is 0.920 bits per heavy atom. The van der Waals surface area contributed by atoms with Crippen LogP contribution in [0.1, 0.15) is 10.4 Å². The molecule has 0 unspecified atom stereocenters. The predicted octanol–water partition coefficient (Wildman–Crippen LogP) is 4.97. The van der Waals surface area contributed by atoms with Crippen molar-refractivity contribution in [2.45, 2.75) is 0 Å². The third-order valence-electron chi connectivity index (χ3n) is 3.28. The maximum atomic E-state index is 11.3. The number of carboxylic acids is 1. The zero-order valence-corrected chi connectivity index (χ0v) is 14.2. The quantitative estimate of drug-likeness (QED) is 0.584. The molecule has 3 rings (SSSR count). The van der Waals surface area contributed by atoms with Crippen molar-refractivity contribution in [3.05, 3.63) is 70.5 Å². The summed E-state index contributed by atoms with van der Waals surface area (Å²) in [6.45, 7) is 0. The number of nitrogens with zero attached hydrogens (tertiary/aromatic N) is 2. The van der Waals surface area contributed by atoms with Crippen LogP contribution in [0.4, 0.5) is 23.0 Å².